The van der Waals surface area contributed by atoms with Gasteiger partial charge in [-0.1, -0.05) is 0 Å². The smallest absolute Gasteiger partial charge is 0.320 e. The highest BCUT2D eigenvalue weighted by Gasteiger charge is 2.42. The monoisotopic (exact) mass is 335 g/mol. The van der Waals surface area contributed by atoms with Crippen molar-refractivity contribution in [2.45, 2.75) is 63.3 Å². The van der Waals surface area contributed by atoms with E-state index in [1.807, 2.05) is 0 Å². The second-order valence-electron chi connectivity index (χ2n) is 6.45. The summed E-state index contributed by atoms with van der Waals surface area (Å²) in [7, 11) is 0. The second kappa shape index (κ2) is 5.83. The number of fused-ring (bicyclic) bond motifs is 1. The van der Waals surface area contributed by atoms with Gasteiger partial charge in [0, 0.05) is 0 Å². The van der Waals surface area contributed by atoms with Crippen LogP contribution in [0.15, 0.2) is 6.33 Å². The number of aliphatic hydroxyl groups excluding tert-OH is 2. The predicted octanol–water partition coefficient (Wildman–Crippen LogP) is 0.369. The maximum atomic E-state index is 10.2. The maximum Gasteiger partial charge on any atom is 0.320 e. The van der Waals surface area contributed by atoms with Crippen molar-refractivity contribution in [2.75, 3.05) is 5.73 Å². The number of hydrogen-bond donors (Lipinski definition) is 3. The van der Waals surface area contributed by atoms with Gasteiger partial charge in [0.05, 0.1) is 12.4 Å². The molecule has 2 fully saturated rings. The van der Waals surface area contributed by atoms with Crippen molar-refractivity contribution in [3.8, 4) is 6.01 Å². The molecule has 4 N–H and O–H groups in total. The summed E-state index contributed by atoms with van der Waals surface area (Å²) in [6.45, 7) is 1.70. The number of anilines is 1. The molecule has 1 saturated carbocycles. The second-order valence-corrected chi connectivity index (χ2v) is 6.45. The Bertz CT molecular complexity index is 745. The summed E-state index contributed by atoms with van der Waals surface area (Å²) in [5, 5.41) is 20.1. The lowest BCUT2D eigenvalue weighted by atomic mass is 10.1. The van der Waals surface area contributed by atoms with Gasteiger partial charge >= 0.3 is 6.01 Å². The molecule has 1 aliphatic carbocycles. The van der Waals surface area contributed by atoms with Gasteiger partial charge in [-0.3, -0.25) is 4.57 Å². The third-order valence-electron chi connectivity index (χ3n) is 4.75. The highest BCUT2D eigenvalue weighted by atomic mass is 16.6. The van der Waals surface area contributed by atoms with Gasteiger partial charge in [0.2, 0.25) is 0 Å². The van der Waals surface area contributed by atoms with Gasteiger partial charge < -0.3 is 25.4 Å². The Morgan fingerprint density at radius 1 is 1.25 bits per heavy atom. The lowest BCUT2D eigenvalue weighted by Gasteiger charge is -2.17. The van der Waals surface area contributed by atoms with Crippen molar-refractivity contribution in [3.63, 3.8) is 0 Å². The average molecular weight is 335 g/mol. The van der Waals surface area contributed by atoms with Crippen molar-refractivity contribution in [1.82, 2.24) is 19.5 Å². The number of ether oxygens (including phenoxy) is 2. The summed E-state index contributed by atoms with van der Waals surface area (Å²) in [6, 6.07) is 0.203. The van der Waals surface area contributed by atoms with Crippen molar-refractivity contribution in [2.24, 2.45) is 0 Å². The van der Waals surface area contributed by atoms with E-state index >= 15 is 0 Å². The van der Waals surface area contributed by atoms with Gasteiger partial charge in [-0.05, 0) is 32.6 Å². The number of hydrogen-bond acceptors (Lipinski definition) is 8. The topological polar surface area (TPSA) is 129 Å². The molecule has 130 valence electrons. The highest BCUT2D eigenvalue weighted by molar-refractivity contribution is 5.82. The Morgan fingerprint density at radius 3 is 2.67 bits per heavy atom. The molecule has 2 aromatic rings. The van der Waals surface area contributed by atoms with Crippen LogP contribution in [0.5, 0.6) is 6.01 Å². The SMILES string of the molecule is C[C@H]1O[C@@H](n2cnc3c(N)nc(OC4CCCC4)nc32)[C@H](O)[C@@H]1O. The van der Waals surface area contributed by atoms with Gasteiger partial charge in [-0.15, -0.1) is 0 Å². The van der Waals surface area contributed by atoms with Crippen LogP contribution in [0.25, 0.3) is 11.2 Å². The molecule has 24 heavy (non-hydrogen) atoms. The lowest BCUT2D eigenvalue weighted by Crippen LogP contribution is -2.30. The molecule has 2 aromatic heterocycles. The summed E-state index contributed by atoms with van der Waals surface area (Å²) in [5.74, 6) is 0.216. The fraction of sp³-hybridized carbons (Fsp3) is 0.667. The summed E-state index contributed by atoms with van der Waals surface area (Å²) >= 11 is 0. The molecule has 1 saturated heterocycles. The molecule has 0 spiro atoms. The minimum absolute atomic E-state index is 0.105. The standard InChI is InChI=1S/C15H21N5O4/c1-7-10(21)11(22)14(23-7)20-6-17-9-12(16)18-15(19-13(9)20)24-8-4-2-3-5-8/h6-8,10-11,14,21-22H,2-5H2,1H3,(H2,16,18,19)/t7-,10-,11-,14-/m1/s1. The molecule has 4 atom stereocenters. The molecule has 2 aliphatic rings. The van der Waals surface area contributed by atoms with Crippen molar-refractivity contribution in [1.29, 1.82) is 0 Å². The zero-order valence-corrected chi connectivity index (χ0v) is 13.4. The van der Waals surface area contributed by atoms with Crippen LogP contribution in [-0.2, 0) is 4.74 Å². The van der Waals surface area contributed by atoms with Crippen LogP contribution in [0.1, 0.15) is 38.8 Å². The first kappa shape index (κ1) is 15.6. The fourth-order valence-electron chi connectivity index (χ4n) is 3.37. The molecule has 9 heteroatoms. The molecule has 0 bridgehead atoms. The van der Waals surface area contributed by atoms with Crippen molar-refractivity contribution >= 4 is 17.0 Å². The predicted molar refractivity (Wildman–Crippen MR) is 84.2 cm³/mol. The number of imidazole rings is 1. The summed E-state index contributed by atoms with van der Waals surface area (Å²) in [4.78, 5) is 12.8. The summed E-state index contributed by atoms with van der Waals surface area (Å²) in [6.07, 6.45) is 2.50. The van der Waals surface area contributed by atoms with Crippen LogP contribution in [0.2, 0.25) is 0 Å². The molecular weight excluding hydrogens is 314 g/mol. The van der Waals surface area contributed by atoms with Crippen LogP contribution in [0.3, 0.4) is 0 Å². The zero-order chi connectivity index (χ0) is 16.8. The fourth-order valence-corrected chi connectivity index (χ4v) is 3.37. The summed E-state index contributed by atoms with van der Waals surface area (Å²) < 4.78 is 13.0. The first-order valence-electron chi connectivity index (χ1n) is 8.23. The molecule has 4 rings (SSSR count). The molecule has 0 radical (unpaired) electrons. The van der Waals surface area contributed by atoms with E-state index in [1.165, 1.54) is 6.33 Å². The number of nitrogen functional groups attached to an aromatic ring is 1. The van der Waals surface area contributed by atoms with E-state index in [-0.39, 0.29) is 17.9 Å². The highest BCUT2D eigenvalue weighted by Crippen LogP contribution is 2.32. The number of aliphatic hydroxyl groups is 2. The van der Waals surface area contributed by atoms with Crippen LogP contribution < -0.4 is 10.5 Å². The summed E-state index contributed by atoms with van der Waals surface area (Å²) in [5.41, 5.74) is 6.81. The number of nitrogens with two attached hydrogens (primary N) is 1. The average Bonchev–Trinajstić information content (AvgIpc) is 3.25. The third kappa shape index (κ3) is 2.48. The van der Waals surface area contributed by atoms with Gasteiger partial charge in [-0.25, -0.2) is 4.98 Å². The molecule has 0 amide bonds. The quantitative estimate of drug-likeness (QED) is 0.734. The Morgan fingerprint density at radius 2 is 2.00 bits per heavy atom. The third-order valence-corrected chi connectivity index (χ3v) is 4.75. The first-order valence-corrected chi connectivity index (χ1v) is 8.23. The van der Waals surface area contributed by atoms with Gasteiger partial charge in [0.1, 0.15) is 18.3 Å². The molecule has 1 aliphatic heterocycles. The van der Waals surface area contributed by atoms with Crippen LogP contribution in [-0.4, -0.2) is 54.1 Å². The Kier molecular flexibility index (Phi) is 3.78. The van der Waals surface area contributed by atoms with Crippen LogP contribution in [0.4, 0.5) is 5.82 Å². The minimum atomic E-state index is -1.08. The Labute approximate surface area is 138 Å². The number of rotatable bonds is 3. The molecule has 3 heterocycles. The van der Waals surface area contributed by atoms with E-state index in [4.69, 9.17) is 15.2 Å². The van der Waals surface area contributed by atoms with E-state index in [9.17, 15) is 10.2 Å². The first-order chi connectivity index (χ1) is 11.5. The Balaban J connectivity index is 1.70. The molecule has 9 nitrogen and oxygen atoms in total. The van der Waals surface area contributed by atoms with Gasteiger partial charge in [-0.2, -0.15) is 9.97 Å². The minimum Gasteiger partial charge on any atom is -0.460 e. The van der Waals surface area contributed by atoms with Crippen LogP contribution >= 0.6 is 0 Å². The van der Waals surface area contributed by atoms with E-state index in [0.29, 0.717) is 11.2 Å². The molecular formula is C15H21N5O4. The molecule has 0 unspecified atom stereocenters. The molecule has 0 aromatic carbocycles. The largest absolute Gasteiger partial charge is 0.460 e. The lowest BCUT2D eigenvalue weighted by molar-refractivity contribution is -0.0300. The van der Waals surface area contributed by atoms with E-state index < -0.39 is 24.5 Å². The van der Waals surface area contributed by atoms with Gasteiger partial charge in [0.25, 0.3) is 0 Å². The number of aromatic nitrogens is 4. The van der Waals surface area contributed by atoms with Crippen LogP contribution in [0, 0.1) is 0 Å². The van der Waals surface area contributed by atoms with Crippen molar-refractivity contribution < 1.29 is 19.7 Å². The zero-order valence-electron chi connectivity index (χ0n) is 13.4. The maximum absolute atomic E-state index is 10.2. The van der Waals surface area contributed by atoms with Crippen molar-refractivity contribution in [3.05, 3.63) is 6.33 Å². The Hall–Kier alpha value is -1.97. The van der Waals surface area contributed by atoms with E-state index in [0.717, 1.165) is 25.7 Å². The normalized spacial score (nSPS) is 31.1. The van der Waals surface area contributed by atoms with E-state index in [1.54, 1.807) is 11.5 Å². The van der Waals surface area contributed by atoms with E-state index in [2.05, 4.69) is 15.0 Å². The number of nitrogens with zero attached hydrogens (tertiary/aromatic N) is 4. The van der Waals surface area contributed by atoms with Gasteiger partial charge in [0.15, 0.2) is 23.2 Å².